The van der Waals surface area contributed by atoms with Crippen molar-refractivity contribution in [2.75, 3.05) is 0 Å². The van der Waals surface area contributed by atoms with E-state index in [0.717, 1.165) is 15.4 Å². The summed E-state index contributed by atoms with van der Waals surface area (Å²) in [4.78, 5) is 11.8. The Labute approximate surface area is 140 Å². The number of sulfonamides is 1. The molecule has 0 bridgehead atoms. The van der Waals surface area contributed by atoms with Crippen LogP contribution in [-0.4, -0.2) is 24.7 Å². The number of rotatable bonds is 3. The lowest BCUT2D eigenvalue weighted by Gasteiger charge is -2.34. The van der Waals surface area contributed by atoms with E-state index in [1.165, 1.54) is 24.3 Å². The monoisotopic (exact) mass is 341 g/mol. The van der Waals surface area contributed by atoms with E-state index in [0.29, 0.717) is 0 Å². The summed E-state index contributed by atoms with van der Waals surface area (Å²) in [6.45, 7) is 0.0723. The van der Waals surface area contributed by atoms with Crippen molar-refractivity contribution in [3.8, 4) is 6.07 Å². The van der Waals surface area contributed by atoms with Crippen LogP contribution in [0.2, 0.25) is 0 Å². The van der Waals surface area contributed by atoms with Gasteiger partial charge in [-0.3, -0.25) is 4.79 Å². The minimum absolute atomic E-state index is 0.0211. The molecule has 24 heavy (non-hydrogen) atoms. The van der Waals surface area contributed by atoms with Crippen LogP contribution < -0.4 is 5.73 Å². The Hall–Kier alpha value is -2.69. The maximum absolute atomic E-state index is 13.0. The van der Waals surface area contributed by atoms with E-state index in [2.05, 4.69) is 0 Å². The summed E-state index contributed by atoms with van der Waals surface area (Å²) in [5.41, 5.74) is 7.45. The lowest BCUT2D eigenvalue weighted by molar-refractivity contribution is -0.122. The zero-order valence-corrected chi connectivity index (χ0v) is 13.5. The quantitative estimate of drug-likeness (QED) is 0.904. The lowest BCUT2D eigenvalue weighted by atomic mass is 9.96. The first kappa shape index (κ1) is 16.2. The number of hydrogen-bond acceptors (Lipinski definition) is 4. The summed E-state index contributed by atoms with van der Waals surface area (Å²) in [6, 6.07) is 14.1. The molecule has 0 fully saturated rings. The average molecular weight is 341 g/mol. The highest BCUT2D eigenvalue weighted by Gasteiger charge is 2.38. The third kappa shape index (κ3) is 2.77. The smallest absolute Gasteiger partial charge is 0.244 e. The van der Waals surface area contributed by atoms with Crippen LogP contribution in [0.1, 0.15) is 16.7 Å². The molecule has 0 radical (unpaired) electrons. The predicted molar refractivity (Wildman–Crippen MR) is 87.0 cm³/mol. The number of amides is 1. The van der Waals surface area contributed by atoms with E-state index in [1.807, 2.05) is 30.3 Å². The number of nitrogens with zero attached hydrogens (tertiary/aromatic N) is 2. The SMILES string of the molecule is N#Cc1cccc(S(=O)(=O)N2Cc3ccccc3CC2C(N)=O)c1. The van der Waals surface area contributed by atoms with Gasteiger partial charge in [0.1, 0.15) is 6.04 Å². The zero-order valence-electron chi connectivity index (χ0n) is 12.7. The molecule has 0 aromatic heterocycles. The maximum Gasteiger partial charge on any atom is 0.244 e. The highest BCUT2D eigenvalue weighted by atomic mass is 32.2. The number of benzene rings is 2. The van der Waals surface area contributed by atoms with Gasteiger partial charge in [-0.1, -0.05) is 30.3 Å². The Kier molecular flexibility index (Phi) is 4.09. The van der Waals surface area contributed by atoms with E-state index in [-0.39, 0.29) is 23.4 Å². The molecule has 2 aromatic rings. The van der Waals surface area contributed by atoms with Crippen LogP contribution in [0.25, 0.3) is 0 Å². The first-order valence-electron chi connectivity index (χ1n) is 7.31. The third-order valence-corrected chi connectivity index (χ3v) is 5.95. The highest BCUT2D eigenvalue weighted by Crippen LogP contribution is 2.29. The summed E-state index contributed by atoms with van der Waals surface area (Å²) >= 11 is 0. The molecular formula is C17H15N3O3S. The van der Waals surface area contributed by atoms with Crippen molar-refractivity contribution in [3.05, 3.63) is 65.2 Å². The summed E-state index contributed by atoms with van der Waals surface area (Å²) in [5, 5.41) is 8.98. The summed E-state index contributed by atoms with van der Waals surface area (Å²) < 4.78 is 27.1. The van der Waals surface area contributed by atoms with Gasteiger partial charge in [0.25, 0.3) is 0 Å². The number of hydrogen-bond donors (Lipinski definition) is 1. The third-order valence-electron chi connectivity index (χ3n) is 4.10. The van der Waals surface area contributed by atoms with Crippen molar-refractivity contribution in [1.29, 1.82) is 5.26 Å². The topological polar surface area (TPSA) is 104 Å². The number of primary amides is 1. The van der Waals surface area contributed by atoms with Crippen molar-refractivity contribution in [2.45, 2.75) is 23.9 Å². The van der Waals surface area contributed by atoms with Crippen LogP contribution in [0.5, 0.6) is 0 Å². The Morgan fingerprint density at radius 2 is 1.88 bits per heavy atom. The molecule has 1 aliphatic heterocycles. The van der Waals surface area contributed by atoms with Crippen LogP contribution in [0.3, 0.4) is 0 Å². The van der Waals surface area contributed by atoms with Crippen LogP contribution >= 0.6 is 0 Å². The fourth-order valence-electron chi connectivity index (χ4n) is 2.86. The Morgan fingerprint density at radius 3 is 2.54 bits per heavy atom. The van der Waals surface area contributed by atoms with E-state index in [9.17, 15) is 13.2 Å². The van der Waals surface area contributed by atoms with E-state index < -0.39 is 22.0 Å². The molecule has 3 rings (SSSR count). The molecule has 0 saturated carbocycles. The minimum Gasteiger partial charge on any atom is -0.368 e. The maximum atomic E-state index is 13.0. The van der Waals surface area contributed by atoms with Gasteiger partial charge < -0.3 is 5.73 Å². The number of carbonyl (C=O) groups excluding carboxylic acids is 1. The van der Waals surface area contributed by atoms with E-state index in [4.69, 9.17) is 11.0 Å². The van der Waals surface area contributed by atoms with Crippen LogP contribution in [0.4, 0.5) is 0 Å². The molecular weight excluding hydrogens is 326 g/mol. The second-order valence-electron chi connectivity index (χ2n) is 5.58. The largest absolute Gasteiger partial charge is 0.368 e. The molecule has 1 unspecified atom stereocenters. The Bertz CT molecular complexity index is 948. The normalized spacial score (nSPS) is 17.7. The Morgan fingerprint density at radius 1 is 1.17 bits per heavy atom. The van der Waals surface area contributed by atoms with Gasteiger partial charge in [-0.2, -0.15) is 9.57 Å². The van der Waals surface area contributed by atoms with Crippen molar-refractivity contribution in [3.63, 3.8) is 0 Å². The molecule has 1 amide bonds. The molecule has 0 saturated heterocycles. The first-order chi connectivity index (χ1) is 11.4. The number of nitriles is 1. The summed E-state index contributed by atoms with van der Waals surface area (Å²) in [6.07, 6.45) is 0.239. The highest BCUT2D eigenvalue weighted by molar-refractivity contribution is 7.89. The van der Waals surface area contributed by atoms with Crippen molar-refractivity contribution >= 4 is 15.9 Å². The average Bonchev–Trinajstić information content (AvgIpc) is 2.60. The molecule has 2 aromatic carbocycles. The number of carbonyl (C=O) groups is 1. The standard InChI is InChI=1S/C17H15N3O3S/c18-10-12-4-3-7-15(8-12)24(22,23)20-11-14-6-2-1-5-13(14)9-16(20)17(19)21/h1-8,16H,9,11H2,(H2,19,21). The van der Waals surface area contributed by atoms with Crippen molar-refractivity contribution < 1.29 is 13.2 Å². The second-order valence-corrected chi connectivity index (χ2v) is 7.47. The van der Waals surface area contributed by atoms with Crippen molar-refractivity contribution in [1.82, 2.24) is 4.31 Å². The molecule has 2 N–H and O–H groups in total. The van der Waals surface area contributed by atoms with Crippen LogP contribution in [0.15, 0.2) is 53.4 Å². The van der Waals surface area contributed by atoms with Crippen molar-refractivity contribution in [2.24, 2.45) is 5.73 Å². The van der Waals surface area contributed by atoms with Crippen LogP contribution in [-0.2, 0) is 27.8 Å². The van der Waals surface area contributed by atoms with Gasteiger partial charge in [-0.25, -0.2) is 8.42 Å². The summed E-state index contributed by atoms with van der Waals surface area (Å²) in [7, 11) is -3.95. The van der Waals surface area contributed by atoms with Gasteiger partial charge in [0.2, 0.25) is 15.9 Å². The minimum atomic E-state index is -3.95. The van der Waals surface area contributed by atoms with Gasteiger partial charge in [0.15, 0.2) is 0 Å². The number of nitrogens with two attached hydrogens (primary N) is 1. The molecule has 7 heteroatoms. The zero-order chi connectivity index (χ0) is 17.3. The van der Waals surface area contributed by atoms with E-state index in [1.54, 1.807) is 0 Å². The van der Waals surface area contributed by atoms with Gasteiger partial charge in [-0.05, 0) is 35.7 Å². The van der Waals surface area contributed by atoms with E-state index >= 15 is 0 Å². The molecule has 6 nitrogen and oxygen atoms in total. The molecule has 1 atom stereocenters. The lowest BCUT2D eigenvalue weighted by Crippen LogP contribution is -2.51. The number of fused-ring (bicyclic) bond motifs is 1. The summed E-state index contributed by atoms with van der Waals surface area (Å²) in [5.74, 6) is -0.690. The van der Waals surface area contributed by atoms with Gasteiger partial charge in [-0.15, -0.1) is 0 Å². The molecule has 1 heterocycles. The fraction of sp³-hybridized carbons (Fsp3) is 0.176. The second kappa shape index (κ2) is 6.07. The molecule has 1 aliphatic rings. The Balaban J connectivity index is 2.08. The van der Waals surface area contributed by atoms with Gasteiger partial charge >= 0.3 is 0 Å². The van der Waals surface area contributed by atoms with Gasteiger partial charge in [0, 0.05) is 6.54 Å². The van der Waals surface area contributed by atoms with Gasteiger partial charge in [0.05, 0.1) is 16.5 Å². The molecule has 0 spiro atoms. The molecule has 122 valence electrons. The first-order valence-corrected chi connectivity index (χ1v) is 8.75. The van der Waals surface area contributed by atoms with Crippen LogP contribution in [0, 0.1) is 11.3 Å². The molecule has 0 aliphatic carbocycles. The fourth-order valence-corrected chi connectivity index (χ4v) is 4.48. The predicted octanol–water partition coefficient (Wildman–Crippen LogP) is 1.16.